The summed E-state index contributed by atoms with van der Waals surface area (Å²) in [5.74, 6) is 0. The zero-order valence-electron chi connectivity index (χ0n) is 11.9. The minimum atomic E-state index is 0.298. The number of halogens is 1. The van der Waals surface area contributed by atoms with Crippen LogP contribution in [0.3, 0.4) is 0 Å². The summed E-state index contributed by atoms with van der Waals surface area (Å²) >= 11 is 3.46. The number of hydrogen-bond donors (Lipinski definition) is 1. The van der Waals surface area contributed by atoms with Gasteiger partial charge in [-0.1, -0.05) is 52.3 Å². The molecule has 3 heteroatoms. The molecular weight excluding hydrogens is 324 g/mol. The average Bonchev–Trinajstić information content (AvgIpc) is 2.53. The summed E-state index contributed by atoms with van der Waals surface area (Å²) in [6.45, 7) is 2.94. The Balaban J connectivity index is 1.69. The van der Waals surface area contributed by atoms with Crippen molar-refractivity contribution < 1.29 is 0 Å². The van der Waals surface area contributed by atoms with Gasteiger partial charge in [0, 0.05) is 22.4 Å². The van der Waals surface area contributed by atoms with Crippen molar-refractivity contribution in [3.8, 4) is 0 Å². The number of nitrogens with one attached hydrogen (secondary N) is 1. The van der Waals surface area contributed by atoms with Gasteiger partial charge in [0.2, 0.25) is 0 Å². The molecule has 21 heavy (non-hydrogen) atoms. The first-order valence-corrected chi connectivity index (χ1v) is 7.85. The van der Waals surface area contributed by atoms with Crippen LogP contribution in [0.4, 0.5) is 0 Å². The molecule has 0 fully saturated rings. The smallest absolute Gasteiger partial charge is 0.0705 e. The minimum Gasteiger partial charge on any atom is -0.305 e. The van der Waals surface area contributed by atoms with E-state index in [2.05, 4.69) is 81.7 Å². The summed E-state index contributed by atoms with van der Waals surface area (Å²) in [5, 5.41) is 4.70. The average molecular weight is 341 g/mol. The Bertz CT molecular complexity index is 738. The molecule has 1 aromatic heterocycles. The third kappa shape index (κ3) is 3.49. The lowest BCUT2D eigenvalue weighted by molar-refractivity contribution is 0.568. The van der Waals surface area contributed by atoms with E-state index in [0.29, 0.717) is 6.04 Å². The standard InChI is InChI=1S/C18H17BrN2/c1-13(14-6-9-16(19)10-7-14)20-12-17-11-8-15-4-2-3-5-18(15)21-17/h2-11,13,20H,12H2,1H3/t13-/m1/s1. The van der Waals surface area contributed by atoms with E-state index in [1.807, 2.05) is 12.1 Å². The van der Waals surface area contributed by atoms with Crippen LogP contribution in [0.1, 0.15) is 24.2 Å². The molecule has 2 nitrogen and oxygen atoms in total. The number of benzene rings is 2. The van der Waals surface area contributed by atoms with E-state index < -0.39 is 0 Å². The maximum absolute atomic E-state index is 4.68. The molecule has 0 saturated carbocycles. The highest BCUT2D eigenvalue weighted by Crippen LogP contribution is 2.17. The van der Waals surface area contributed by atoms with Gasteiger partial charge in [-0.15, -0.1) is 0 Å². The summed E-state index contributed by atoms with van der Waals surface area (Å²) < 4.78 is 1.11. The molecule has 106 valence electrons. The molecule has 3 rings (SSSR count). The van der Waals surface area contributed by atoms with Gasteiger partial charge in [-0.25, -0.2) is 0 Å². The van der Waals surface area contributed by atoms with Crippen LogP contribution in [0, 0.1) is 0 Å². The molecule has 0 bridgehead atoms. The molecule has 0 aliphatic carbocycles. The van der Waals surface area contributed by atoms with E-state index >= 15 is 0 Å². The molecule has 1 N–H and O–H groups in total. The molecule has 3 aromatic rings. The van der Waals surface area contributed by atoms with E-state index in [1.165, 1.54) is 10.9 Å². The molecule has 0 amide bonds. The fourth-order valence-corrected chi connectivity index (χ4v) is 2.60. The number of rotatable bonds is 4. The maximum Gasteiger partial charge on any atom is 0.0705 e. The first kappa shape index (κ1) is 14.2. The van der Waals surface area contributed by atoms with Crippen molar-refractivity contribution in [2.45, 2.75) is 19.5 Å². The molecule has 0 spiro atoms. The van der Waals surface area contributed by atoms with Gasteiger partial charge in [0.25, 0.3) is 0 Å². The lowest BCUT2D eigenvalue weighted by Crippen LogP contribution is -2.18. The Labute approximate surface area is 133 Å². The first-order chi connectivity index (χ1) is 10.2. The maximum atomic E-state index is 4.68. The highest BCUT2D eigenvalue weighted by atomic mass is 79.9. The van der Waals surface area contributed by atoms with E-state index in [-0.39, 0.29) is 0 Å². The van der Waals surface area contributed by atoms with Crippen molar-refractivity contribution in [2.75, 3.05) is 0 Å². The van der Waals surface area contributed by atoms with Crippen molar-refractivity contribution >= 4 is 26.8 Å². The molecule has 1 heterocycles. The van der Waals surface area contributed by atoms with Crippen LogP contribution in [-0.2, 0) is 6.54 Å². The first-order valence-electron chi connectivity index (χ1n) is 7.06. The second kappa shape index (κ2) is 6.37. The summed E-state index contributed by atoms with van der Waals surface area (Å²) in [5.41, 5.74) is 3.39. The van der Waals surface area contributed by atoms with Gasteiger partial charge in [-0.2, -0.15) is 0 Å². The largest absolute Gasteiger partial charge is 0.305 e. The molecular formula is C18H17BrN2. The zero-order chi connectivity index (χ0) is 14.7. The van der Waals surface area contributed by atoms with Gasteiger partial charge >= 0.3 is 0 Å². The number of fused-ring (bicyclic) bond motifs is 1. The fraction of sp³-hybridized carbons (Fsp3) is 0.167. The SMILES string of the molecule is C[C@@H](NCc1ccc2ccccc2n1)c1ccc(Br)cc1. The number of hydrogen-bond acceptors (Lipinski definition) is 2. The highest BCUT2D eigenvalue weighted by Gasteiger charge is 2.05. The van der Waals surface area contributed by atoms with Gasteiger partial charge in [-0.3, -0.25) is 4.98 Å². The molecule has 0 aliphatic heterocycles. The zero-order valence-corrected chi connectivity index (χ0v) is 13.5. The van der Waals surface area contributed by atoms with Crippen molar-refractivity contribution in [1.29, 1.82) is 0 Å². The monoisotopic (exact) mass is 340 g/mol. The van der Waals surface area contributed by atoms with Crippen LogP contribution in [0.25, 0.3) is 10.9 Å². The molecule has 1 atom stereocenters. The Hall–Kier alpha value is -1.71. The number of aromatic nitrogens is 1. The van der Waals surface area contributed by atoms with Gasteiger partial charge in [0.15, 0.2) is 0 Å². The van der Waals surface area contributed by atoms with E-state index in [9.17, 15) is 0 Å². The quantitative estimate of drug-likeness (QED) is 0.734. The van der Waals surface area contributed by atoms with Crippen LogP contribution < -0.4 is 5.32 Å². The second-order valence-corrected chi connectivity index (χ2v) is 6.07. The second-order valence-electron chi connectivity index (χ2n) is 5.15. The molecule has 2 aromatic carbocycles. The van der Waals surface area contributed by atoms with E-state index in [4.69, 9.17) is 0 Å². The van der Waals surface area contributed by atoms with Gasteiger partial charge < -0.3 is 5.32 Å². The van der Waals surface area contributed by atoms with E-state index in [0.717, 1.165) is 22.2 Å². The Morgan fingerprint density at radius 3 is 2.57 bits per heavy atom. The minimum absolute atomic E-state index is 0.298. The fourth-order valence-electron chi connectivity index (χ4n) is 2.33. The summed E-state index contributed by atoms with van der Waals surface area (Å²) in [6, 6.07) is 21.1. The Morgan fingerprint density at radius 2 is 1.76 bits per heavy atom. The third-order valence-electron chi connectivity index (χ3n) is 3.62. The van der Waals surface area contributed by atoms with E-state index in [1.54, 1.807) is 0 Å². The topological polar surface area (TPSA) is 24.9 Å². The van der Waals surface area contributed by atoms with Crippen molar-refractivity contribution in [1.82, 2.24) is 10.3 Å². The van der Waals surface area contributed by atoms with Crippen LogP contribution in [0.5, 0.6) is 0 Å². The van der Waals surface area contributed by atoms with Gasteiger partial charge in [0.1, 0.15) is 0 Å². The number of pyridine rings is 1. The van der Waals surface area contributed by atoms with Crippen molar-refractivity contribution in [3.63, 3.8) is 0 Å². The van der Waals surface area contributed by atoms with Crippen molar-refractivity contribution in [3.05, 3.63) is 76.4 Å². The summed E-state index contributed by atoms with van der Waals surface area (Å²) in [6.07, 6.45) is 0. The van der Waals surface area contributed by atoms with Crippen LogP contribution in [0.15, 0.2) is 65.1 Å². The van der Waals surface area contributed by atoms with Crippen LogP contribution in [0.2, 0.25) is 0 Å². The Morgan fingerprint density at radius 1 is 1.00 bits per heavy atom. The lowest BCUT2D eigenvalue weighted by Gasteiger charge is -2.14. The molecule has 0 radical (unpaired) electrons. The molecule has 0 saturated heterocycles. The third-order valence-corrected chi connectivity index (χ3v) is 4.14. The lowest BCUT2D eigenvalue weighted by atomic mass is 10.1. The van der Waals surface area contributed by atoms with Crippen LogP contribution in [-0.4, -0.2) is 4.98 Å². The summed E-state index contributed by atoms with van der Waals surface area (Å²) in [7, 11) is 0. The normalized spacial score (nSPS) is 12.5. The number of para-hydroxylation sites is 1. The number of nitrogens with zero attached hydrogens (tertiary/aromatic N) is 1. The Kier molecular flexibility index (Phi) is 4.32. The predicted octanol–water partition coefficient (Wildman–Crippen LogP) is 4.85. The predicted molar refractivity (Wildman–Crippen MR) is 91.1 cm³/mol. The molecule has 0 unspecified atom stereocenters. The van der Waals surface area contributed by atoms with Gasteiger partial charge in [-0.05, 0) is 36.8 Å². The van der Waals surface area contributed by atoms with Crippen molar-refractivity contribution in [2.24, 2.45) is 0 Å². The van der Waals surface area contributed by atoms with Gasteiger partial charge in [0.05, 0.1) is 11.2 Å². The van der Waals surface area contributed by atoms with Crippen LogP contribution >= 0.6 is 15.9 Å². The highest BCUT2D eigenvalue weighted by molar-refractivity contribution is 9.10. The summed E-state index contributed by atoms with van der Waals surface area (Å²) in [4.78, 5) is 4.68. The molecule has 0 aliphatic rings.